The summed E-state index contributed by atoms with van der Waals surface area (Å²) in [5, 5.41) is 21.3. The van der Waals surface area contributed by atoms with E-state index in [1.807, 2.05) is 30.3 Å². The molecule has 3 aliphatic heterocycles. The first kappa shape index (κ1) is 14.9. The maximum Gasteiger partial charge on any atom is 0.0970 e. The van der Waals surface area contributed by atoms with Gasteiger partial charge in [-0.05, 0) is 48.5 Å². The molecule has 0 amide bonds. The van der Waals surface area contributed by atoms with Crippen LogP contribution in [0.3, 0.4) is 0 Å². The molecule has 0 radical (unpaired) electrons. The molecule has 5 rings (SSSR count). The van der Waals surface area contributed by atoms with Gasteiger partial charge in [0.1, 0.15) is 0 Å². The van der Waals surface area contributed by atoms with E-state index in [2.05, 4.69) is 29.2 Å². The lowest BCUT2D eigenvalue weighted by Gasteiger charge is -2.50. The van der Waals surface area contributed by atoms with Gasteiger partial charge in [0.15, 0.2) is 0 Å². The second kappa shape index (κ2) is 6.08. The second-order valence-electron chi connectivity index (χ2n) is 6.79. The van der Waals surface area contributed by atoms with Crippen molar-refractivity contribution >= 4 is 0 Å². The normalized spacial score (nSPS) is 31.0. The third-order valence-electron chi connectivity index (χ3n) is 5.51. The molecule has 3 saturated heterocycles. The molecule has 3 aliphatic rings. The average Bonchev–Trinajstić information content (AvgIpc) is 2.63. The van der Waals surface area contributed by atoms with Crippen molar-refractivity contribution in [3.63, 3.8) is 0 Å². The zero-order chi connectivity index (χ0) is 15.8. The van der Waals surface area contributed by atoms with Crippen LogP contribution in [0.25, 0.3) is 11.1 Å². The summed E-state index contributed by atoms with van der Waals surface area (Å²) >= 11 is 0. The Balaban J connectivity index is 1.56. The zero-order valence-electron chi connectivity index (χ0n) is 13.2. The number of rotatable bonds is 3. The molecule has 2 aromatic carbocycles. The number of nitrogens with zero attached hydrogens (tertiary/aromatic N) is 1. The highest BCUT2D eigenvalue weighted by atomic mass is 16.3. The molecule has 2 N–H and O–H groups in total. The van der Waals surface area contributed by atoms with Crippen LogP contribution in [-0.4, -0.2) is 40.3 Å². The fourth-order valence-electron chi connectivity index (χ4n) is 4.14. The van der Waals surface area contributed by atoms with E-state index in [4.69, 9.17) is 0 Å². The highest BCUT2D eigenvalue weighted by Crippen LogP contribution is 2.38. The molecule has 0 aromatic heterocycles. The van der Waals surface area contributed by atoms with E-state index < -0.39 is 12.2 Å². The van der Waals surface area contributed by atoms with Crippen molar-refractivity contribution in [3.8, 4) is 11.1 Å². The molecular weight excluding hydrogens is 286 g/mol. The van der Waals surface area contributed by atoms with Gasteiger partial charge >= 0.3 is 0 Å². The molecule has 0 aliphatic carbocycles. The molecule has 0 spiro atoms. The molecule has 23 heavy (non-hydrogen) atoms. The first-order valence-electron chi connectivity index (χ1n) is 8.49. The predicted octanol–water partition coefficient (Wildman–Crippen LogP) is 2.84. The van der Waals surface area contributed by atoms with Crippen LogP contribution in [0.2, 0.25) is 0 Å². The number of benzene rings is 2. The smallest absolute Gasteiger partial charge is 0.0970 e. The van der Waals surface area contributed by atoms with Crippen molar-refractivity contribution in [3.05, 3.63) is 60.2 Å². The summed E-state index contributed by atoms with van der Waals surface area (Å²) in [6.45, 7) is 1.98. The van der Waals surface area contributed by atoms with Gasteiger partial charge in [0.05, 0.1) is 18.2 Å². The number of piperidine rings is 3. The number of aliphatic hydroxyl groups is 2. The van der Waals surface area contributed by atoms with Gasteiger partial charge in [0.25, 0.3) is 0 Å². The standard InChI is InChI=1S/C20H23NO2/c22-19(18-20(23)17-10-12-21(18)13-11-17)16-8-6-15(7-9-16)14-4-2-1-3-5-14/h1-9,17-20,22-23H,10-13H2. The lowest BCUT2D eigenvalue weighted by molar-refractivity contribution is -0.116. The Bertz CT molecular complexity index is 645. The Hall–Kier alpha value is -1.68. The van der Waals surface area contributed by atoms with Crippen LogP contribution in [0.1, 0.15) is 24.5 Å². The molecule has 3 atom stereocenters. The minimum Gasteiger partial charge on any atom is -0.391 e. The van der Waals surface area contributed by atoms with Crippen LogP contribution >= 0.6 is 0 Å². The van der Waals surface area contributed by atoms with Crippen molar-refractivity contribution in [2.45, 2.75) is 31.1 Å². The Morgan fingerprint density at radius 3 is 2.09 bits per heavy atom. The molecule has 2 aromatic rings. The molecule has 3 fully saturated rings. The summed E-state index contributed by atoms with van der Waals surface area (Å²) in [6, 6.07) is 18.2. The molecule has 3 heteroatoms. The number of fused-ring (bicyclic) bond motifs is 3. The molecule has 120 valence electrons. The zero-order valence-corrected chi connectivity index (χ0v) is 13.2. The van der Waals surface area contributed by atoms with Crippen molar-refractivity contribution in [1.82, 2.24) is 4.90 Å². The van der Waals surface area contributed by atoms with E-state index in [0.717, 1.165) is 37.1 Å². The van der Waals surface area contributed by atoms with E-state index in [1.54, 1.807) is 0 Å². The maximum absolute atomic E-state index is 10.8. The maximum atomic E-state index is 10.8. The Morgan fingerprint density at radius 2 is 1.48 bits per heavy atom. The average molecular weight is 309 g/mol. The lowest BCUT2D eigenvalue weighted by atomic mass is 9.77. The van der Waals surface area contributed by atoms with Crippen LogP contribution in [0, 0.1) is 5.92 Å². The van der Waals surface area contributed by atoms with Gasteiger partial charge in [-0.25, -0.2) is 0 Å². The molecule has 3 nitrogen and oxygen atoms in total. The van der Waals surface area contributed by atoms with Gasteiger partial charge in [-0.3, -0.25) is 4.90 Å². The van der Waals surface area contributed by atoms with Gasteiger partial charge in [0, 0.05) is 0 Å². The van der Waals surface area contributed by atoms with Crippen molar-refractivity contribution in [2.24, 2.45) is 5.92 Å². The molecule has 2 bridgehead atoms. The van der Waals surface area contributed by atoms with Crippen molar-refractivity contribution in [1.29, 1.82) is 0 Å². The van der Waals surface area contributed by atoms with Gasteiger partial charge in [-0.2, -0.15) is 0 Å². The van der Waals surface area contributed by atoms with E-state index >= 15 is 0 Å². The van der Waals surface area contributed by atoms with Crippen molar-refractivity contribution in [2.75, 3.05) is 13.1 Å². The summed E-state index contributed by atoms with van der Waals surface area (Å²) in [5.41, 5.74) is 3.21. The summed E-state index contributed by atoms with van der Waals surface area (Å²) in [6.07, 6.45) is 1.06. The largest absolute Gasteiger partial charge is 0.391 e. The van der Waals surface area contributed by atoms with Crippen LogP contribution in [0.5, 0.6) is 0 Å². The summed E-state index contributed by atoms with van der Waals surface area (Å²) in [4.78, 5) is 2.25. The summed E-state index contributed by atoms with van der Waals surface area (Å²) in [7, 11) is 0. The third kappa shape index (κ3) is 2.69. The fourth-order valence-corrected chi connectivity index (χ4v) is 4.14. The van der Waals surface area contributed by atoms with Gasteiger partial charge in [-0.15, -0.1) is 0 Å². The molecule has 0 saturated carbocycles. The quantitative estimate of drug-likeness (QED) is 0.916. The van der Waals surface area contributed by atoms with E-state index in [-0.39, 0.29) is 6.04 Å². The van der Waals surface area contributed by atoms with E-state index in [9.17, 15) is 10.2 Å². The van der Waals surface area contributed by atoms with Crippen molar-refractivity contribution < 1.29 is 10.2 Å². The van der Waals surface area contributed by atoms with Gasteiger partial charge in [-0.1, -0.05) is 54.6 Å². The van der Waals surface area contributed by atoms with Gasteiger partial charge in [0.2, 0.25) is 0 Å². The highest BCUT2D eigenvalue weighted by molar-refractivity contribution is 5.63. The fraction of sp³-hybridized carbons (Fsp3) is 0.400. The number of hydrogen-bond acceptors (Lipinski definition) is 3. The van der Waals surface area contributed by atoms with Crippen LogP contribution in [0.15, 0.2) is 54.6 Å². The van der Waals surface area contributed by atoms with Crippen LogP contribution in [-0.2, 0) is 0 Å². The monoisotopic (exact) mass is 309 g/mol. The number of hydrogen-bond donors (Lipinski definition) is 2. The van der Waals surface area contributed by atoms with E-state index in [0.29, 0.717) is 5.92 Å². The Labute approximate surface area is 137 Å². The van der Waals surface area contributed by atoms with Crippen LogP contribution < -0.4 is 0 Å². The molecule has 3 unspecified atom stereocenters. The first-order chi connectivity index (χ1) is 11.2. The van der Waals surface area contributed by atoms with E-state index in [1.165, 1.54) is 5.56 Å². The Morgan fingerprint density at radius 1 is 0.870 bits per heavy atom. The SMILES string of the molecule is OC(c1ccc(-c2ccccc2)cc1)C1C(O)C2CCN1CC2. The minimum atomic E-state index is -0.627. The predicted molar refractivity (Wildman–Crippen MR) is 90.9 cm³/mol. The topological polar surface area (TPSA) is 43.7 Å². The second-order valence-corrected chi connectivity index (χ2v) is 6.79. The number of aliphatic hydroxyl groups excluding tert-OH is 2. The molecular formula is C20H23NO2. The Kier molecular flexibility index (Phi) is 3.93. The lowest BCUT2D eigenvalue weighted by Crippen LogP contribution is -2.59. The molecule has 3 heterocycles. The minimum absolute atomic E-state index is 0.162. The first-order valence-corrected chi connectivity index (χ1v) is 8.49. The third-order valence-corrected chi connectivity index (χ3v) is 5.51. The van der Waals surface area contributed by atoms with Gasteiger partial charge < -0.3 is 10.2 Å². The highest BCUT2D eigenvalue weighted by Gasteiger charge is 2.44. The summed E-state index contributed by atoms with van der Waals surface area (Å²) < 4.78 is 0. The van der Waals surface area contributed by atoms with Crippen LogP contribution in [0.4, 0.5) is 0 Å². The summed E-state index contributed by atoms with van der Waals surface area (Å²) in [5.74, 6) is 0.350.